The molecule has 0 aromatic rings. The third kappa shape index (κ3) is 9.92. The van der Waals surface area contributed by atoms with E-state index in [0.29, 0.717) is 12.0 Å². The van der Waals surface area contributed by atoms with Gasteiger partial charge in [0.25, 0.3) is 0 Å². The summed E-state index contributed by atoms with van der Waals surface area (Å²) in [6.07, 6.45) is 0.926. The fraction of sp³-hybridized carbons (Fsp3) is 1.00. The molecule has 0 rings (SSSR count). The van der Waals surface area contributed by atoms with Gasteiger partial charge in [-0.15, -0.1) is 0 Å². The van der Waals surface area contributed by atoms with Gasteiger partial charge < -0.3 is 10.4 Å². The third-order valence-corrected chi connectivity index (χ3v) is 1.49. The highest BCUT2D eigenvalue weighted by Crippen LogP contribution is 2.16. The Morgan fingerprint density at radius 3 is 2.27 bits per heavy atom. The van der Waals surface area contributed by atoms with E-state index in [-0.39, 0.29) is 6.10 Å². The maximum Gasteiger partial charge on any atom is 0.0636 e. The summed E-state index contributed by atoms with van der Waals surface area (Å²) in [5.74, 6) is 0. The molecule has 0 spiro atoms. The standard InChI is InChI=1S/C9H21NO/c1-8(11)7-10-6-5-9(2,3)4/h8,10-11H,5-7H2,1-4H3/t8-/m0/s1. The van der Waals surface area contributed by atoms with Crippen LogP contribution in [0.1, 0.15) is 34.1 Å². The van der Waals surface area contributed by atoms with Gasteiger partial charge in [-0.2, -0.15) is 0 Å². The van der Waals surface area contributed by atoms with Gasteiger partial charge in [0.2, 0.25) is 0 Å². The first-order valence-corrected chi connectivity index (χ1v) is 4.30. The van der Waals surface area contributed by atoms with Gasteiger partial charge in [-0.1, -0.05) is 20.8 Å². The molecule has 68 valence electrons. The van der Waals surface area contributed by atoms with Crippen LogP contribution in [0.2, 0.25) is 0 Å². The molecule has 0 aromatic heterocycles. The average Bonchev–Trinajstić information content (AvgIpc) is 1.78. The van der Waals surface area contributed by atoms with Crippen LogP contribution in [0.5, 0.6) is 0 Å². The molecule has 0 aliphatic heterocycles. The van der Waals surface area contributed by atoms with Crippen LogP contribution in [-0.2, 0) is 0 Å². The summed E-state index contributed by atoms with van der Waals surface area (Å²) in [6, 6.07) is 0. The van der Waals surface area contributed by atoms with Crippen LogP contribution >= 0.6 is 0 Å². The SMILES string of the molecule is C[C@H](O)CNCCC(C)(C)C. The fourth-order valence-electron chi connectivity index (χ4n) is 0.774. The topological polar surface area (TPSA) is 32.3 Å². The minimum Gasteiger partial charge on any atom is -0.392 e. The first-order chi connectivity index (χ1) is 4.92. The zero-order chi connectivity index (χ0) is 8.91. The highest BCUT2D eigenvalue weighted by Gasteiger charge is 2.08. The summed E-state index contributed by atoms with van der Waals surface area (Å²) >= 11 is 0. The zero-order valence-corrected chi connectivity index (χ0v) is 8.15. The number of hydrogen-bond donors (Lipinski definition) is 2. The first-order valence-electron chi connectivity index (χ1n) is 4.30. The third-order valence-electron chi connectivity index (χ3n) is 1.49. The van der Waals surface area contributed by atoms with Crippen molar-refractivity contribution in [3.63, 3.8) is 0 Å². The lowest BCUT2D eigenvalue weighted by Gasteiger charge is -2.18. The molecule has 0 amide bonds. The van der Waals surface area contributed by atoms with Gasteiger partial charge in [0.15, 0.2) is 0 Å². The van der Waals surface area contributed by atoms with Gasteiger partial charge in [-0.25, -0.2) is 0 Å². The molecule has 2 N–H and O–H groups in total. The van der Waals surface area contributed by atoms with Crippen molar-refractivity contribution in [2.24, 2.45) is 5.41 Å². The predicted octanol–water partition coefficient (Wildman–Crippen LogP) is 1.39. The summed E-state index contributed by atoms with van der Waals surface area (Å²) in [5, 5.41) is 12.1. The molecule has 2 nitrogen and oxygen atoms in total. The molecule has 0 saturated carbocycles. The average molecular weight is 159 g/mol. The van der Waals surface area contributed by atoms with Gasteiger partial charge >= 0.3 is 0 Å². The molecule has 1 atom stereocenters. The van der Waals surface area contributed by atoms with Crippen molar-refractivity contribution in [3.8, 4) is 0 Å². The zero-order valence-electron chi connectivity index (χ0n) is 8.15. The molecule has 0 aromatic carbocycles. The van der Waals surface area contributed by atoms with Crippen LogP contribution in [0.25, 0.3) is 0 Å². The minimum atomic E-state index is -0.227. The Kier molecular flexibility index (Phi) is 4.69. The number of aliphatic hydroxyl groups excluding tert-OH is 1. The predicted molar refractivity (Wildman–Crippen MR) is 48.6 cm³/mol. The van der Waals surface area contributed by atoms with Crippen molar-refractivity contribution in [3.05, 3.63) is 0 Å². The summed E-state index contributed by atoms with van der Waals surface area (Å²) in [7, 11) is 0. The molecule has 0 radical (unpaired) electrons. The lowest BCUT2D eigenvalue weighted by atomic mass is 9.92. The summed E-state index contributed by atoms with van der Waals surface area (Å²) < 4.78 is 0. The van der Waals surface area contributed by atoms with E-state index in [1.807, 2.05) is 0 Å². The van der Waals surface area contributed by atoms with E-state index >= 15 is 0 Å². The Balaban J connectivity index is 3.15. The molecule has 2 heteroatoms. The Morgan fingerprint density at radius 2 is 1.91 bits per heavy atom. The van der Waals surface area contributed by atoms with Crippen molar-refractivity contribution in [2.45, 2.75) is 40.2 Å². The van der Waals surface area contributed by atoms with E-state index in [4.69, 9.17) is 5.11 Å². The monoisotopic (exact) mass is 159 g/mol. The number of aliphatic hydroxyl groups is 1. The molecular weight excluding hydrogens is 138 g/mol. The normalized spacial score (nSPS) is 15.0. The second-order valence-corrected chi connectivity index (χ2v) is 4.36. The van der Waals surface area contributed by atoms with Gasteiger partial charge in [0.1, 0.15) is 0 Å². The van der Waals surface area contributed by atoms with Gasteiger partial charge in [-0.3, -0.25) is 0 Å². The Labute approximate surface area is 70.0 Å². The molecule has 0 unspecified atom stereocenters. The molecule has 0 heterocycles. The van der Waals surface area contributed by atoms with Crippen molar-refractivity contribution in [1.29, 1.82) is 0 Å². The summed E-state index contributed by atoms with van der Waals surface area (Å²) in [4.78, 5) is 0. The molecule has 0 aliphatic carbocycles. The number of hydrogen-bond acceptors (Lipinski definition) is 2. The lowest BCUT2D eigenvalue weighted by Crippen LogP contribution is -2.27. The summed E-state index contributed by atoms with van der Waals surface area (Å²) in [6.45, 7) is 10.2. The first kappa shape index (κ1) is 10.9. The van der Waals surface area contributed by atoms with Crippen LogP contribution < -0.4 is 5.32 Å². The highest BCUT2D eigenvalue weighted by atomic mass is 16.3. The van der Waals surface area contributed by atoms with E-state index in [1.165, 1.54) is 0 Å². The van der Waals surface area contributed by atoms with Crippen molar-refractivity contribution in [1.82, 2.24) is 5.32 Å². The number of nitrogens with one attached hydrogen (secondary N) is 1. The molecule has 0 saturated heterocycles. The summed E-state index contributed by atoms with van der Waals surface area (Å²) in [5.41, 5.74) is 0.395. The maximum atomic E-state index is 8.92. The maximum absolute atomic E-state index is 8.92. The van der Waals surface area contributed by atoms with E-state index in [9.17, 15) is 0 Å². The van der Waals surface area contributed by atoms with Crippen LogP contribution in [0.3, 0.4) is 0 Å². The van der Waals surface area contributed by atoms with Crippen LogP contribution in [0, 0.1) is 5.41 Å². The van der Waals surface area contributed by atoms with Crippen LogP contribution in [-0.4, -0.2) is 24.3 Å². The van der Waals surface area contributed by atoms with Crippen LogP contribution in [0.15, 0.2) is 0 Å². The minimum absolute atomic E-state index is 0.227. The second kappa shape index (κ2) is 4.73. The molecular formula is C9H21NO. The van der Waals surface area contributed by atoms with Crippen molar-refractivity contribution < 1.29 is 5.11 Å². The van der Waals surface area contributed by atoms with Gasteiger partial charge in [0, 0.05) is 6.54 Å². The molecule has 0 fully saturated rings. The quantitative estimate of drug-likeness (QED) is 0.608. The van der Waals surface area contributed by atoms with Crippen molar-refractivity contribution >= 4 is 0 Å². The largest absolute Gasteiger partial charge is 0.392 e. The Morgan fingerprint density at radius 1 is 1.36 bits per heavy atom. The Hall–Kier alpha value is -0.0800. The number of rotatable bonds is 4. The lowest BCUT2D eigenvalue weighted by molar-refractivity contribution is 0.189. The molecule has 0 bridgehead atoms. The smallest absolute Gasteiger partial charge is 0.0636 e. The van der Waals surface area contributed by atoms with Gasteiger partial charge in [0.05, 0.1) is 6.10 Å². The highest BCUT2D eigenvalue weighted by molar-refractivity contribution is 4.63. The fourth-order valence-corrected chi connectivity index (χ4v) is 0.774. The van der Waals surface area contributed by atoms with E-state index < -0.39 is 0 Å². The van der Waals surface area contributed by atoms with Crippen LogP contribution in [0.4, 0.5) is 0 Å². The molecule has 11 heavy (non-hydrogen) atoms. The van der Waals surface area contributed by atoms with Crippen molar-refractivity contribution in [2.75, 3.05) is 13.1 Å². The van der Waals surface area contributed by atoms with E-state index in [1.54, 1.807) is 6.92 Å². The van der Waals surface area contributed by atoms with Gasteiger partial charge in [-0.05, 0) is 25.3 Å². The van der Waals surface area contributed by atoms with E-state index in [2.05, 4.69) is 26.1 Å². The Bertz CT molecular complexity index is 94.2. The second-order valence-electron chi connectivity index (χ2n) is 4.36. The van der Waals surface area contributed by atoms with E-state index in [0.717, 1.165) is 13.0 Å². The molecule has 0 aliphatic rings.